The molecule has 1 saturated heterocycles. The quantitative estimate of drug-likeness (QED) is 0.828. The van der Waals surface area contributed by atoms with Crippen molar-refractivity contribution in [3.8, 4) is 0 Å². The second-order valence-electron chi connectivity index (χ2n) is 5.39. The van der Waals surface area contributed by atoms with Gasteiger partial charge in [0.25, 0.3) is 0 Å². The summed E-state index contributed by atoms with van der Waals surface area (Å²) in [7, 11) is 0. The Hall–Kier alpha value is -1.29. The fourth-order valence-corrected chi connectivity index (χ4v) is 2.82. The highest BCUT2D eigenvalue weighted by Gasteiger charge is 2.27. The molecule has 0 spiro atoms. The molecule has 0 radical (unpaired) electrons. The molecule has 0 bridgehead atoms. The molecule has 0 amide bonds. The molecule has 1 aliphatic rings. The minimum Gasteiger partial charge on any atom is -0.342 e. The van der Waals surface area contributed by atoms with E-state index in [1.165, 1.54) is 0 Å². The van der Waals surface area contributed by atoms with Crippen LogP contribution >= 0.6 is 0 Å². The van der Waals surface area contributed by atoms with Gasteiger partial charge in [-0.25, -0.2) is 4.98 Å². The van der Waals surface area contributed by atoms with Crippen molar-refractivity contribution >= 4 is 5.95 Å². The Morgan fingerprint density at radius 2 is 2.32 bits per heavy atom. The summed E-state index contributed by atoms with van der Waals surface area (Å²) in [5.74, 6) is 1.66. The number of aryl methyl sites for hydroxylation is 1. The summed E-state index contributed by atoms with van der Waals surface area (Å²) < 4.78 is 2.20. The molecule has 1 fully saturated rings. The van der Waals surface area contributed by atoms with Crippen LogP contribution in [0.25, 0.3) is 0 Å². The van der Waals surface area contributed by atoms with Crippen molar-refractivity contribution < 1.29 is 0 Å². The highest BCUT2D eigenvalue weighted by molar-refractivity contribution is 5.35. The van der Waals surface area contributed by atoms with Crippen LogP contribution in [0.4, 0.5) is 5.95 Å². The molecule has 2 heterocycles. The first-order chi connectivity index (χ1) is 9.19. The Balaban J connectivity index is 2.20. The van der Waals surface area contributed by atoms with E-state index >= 15 is 0 Å². The van der Waals surface area contributed by atoms with Crippen LogP contribution in [0.15, 0.2) is 18.9 Å². The van der Waals surface area contributed by atoms with Gasteiger partial charge in [-0.2, -0.15) is 0 Å². The molecule has 1 aliphatic heterocycles. The number of hydrogen-bond donors (Lipinski definition) is 1. The van der Waals surface area contributed by atoms with Gasteiger partial charge in [0, 0.05) is 31.9 Å². The Morgan fingerprint density at radius 3 is 2.95 bits per heavy atom. The van der Waals surface area contributed by atoms with Crippen molar-refractivity contribution in [1.29, 1.82) is 0 Å². The van der Waals surface area contributed by atoms with Gasteiger partial charge < -0.3 is 15.2 Å². The van der Waals surface area contributed by atoms with Crippen LogP contribution in [0.5, 0.6) is 0 Å². The number of imidazole rings is 1. The lowest BCUT2D eigenvalue weighted by molar-refractivity contribution is 0.344. The van der Waals surface area contributed by atoms with Gasteiger partial charge in [-0.1, -0.05) is 26.3 Å². The van der Waals surface area contributed by atoms with Crippen LogP contribution in [0, 0.1) is 5.92 Å². The molecule has 19 heavy (non-hydrogen) atoms. The second kappa shape index (κ2) is 6.24. The summed E-state index contributed by atoms with van der Waals surface area (Å²) in [5, 5.41) is 0. The highest BCUT2D eigenvalue weighted by atomic mass is 15.3. The standard InChI is InChI=1S/C15H26N4/c1-4-8-18-11-13(6-3)17-15(18)19-9-7-14(16)12(5-2)10-19/h4,11-12,14H,1,5-10,16H2,2-3H3. The molecule has 1 aromatic heterocycles. The van der Waals surface area contributed by atoms with E-state index in [1.807, 2.05) is 6.08 Å². The third kappa shape index (κ3) is 3.00. The van der Waals surface area contributed by atoms with E-state index < -0.39 is 0 Å². The average Bonchev–Trinajstić information content (AvgIpc) is 2.83. The Morgan fingerprint density at radius 1 is 1.53 bits per heavy atom. The van der Waals surface area contributed by atoms with Gasteiger partial charge in [0.05, 0.1) is 5.69 Å². The first kappa shape index (κ1) is 14.1. The van der Waals surface area contributed by atoms with E-state index in [0.717, 1.165) is 50.5 Å². The smallest absolute Gasteiger partial charge is 0.206 e. The topological polar surface area (TPSA) is 47.1 Å². The molecule has 1 aromatic rings. The van der Waals surface area contributed by atoms with Gasteiger partial charge in [0.1, 0.15) is 0 Å². The summed E-state index contributed by atoms with van der Waals surface area (Å²) in [6.45, 7) is 11.1. The number of allylic oxidation sites excluding steroid dienone is 1. The maximum absolute atomic E-state index is 6.19. The zero-order valence-corrected chi connectivity index (χ0v) is 12.2. The molecule has 2 unspecified atom stereocenters. The predicted molar refractivity (Wildman–Crippen MR) is 80.4 cm³/mol. The Labute approximate surface area is 116 Å². The van der Waals surface area contributed by atoms with Gasteiger partial charge in [0.2, 0.25) is 5.95 Å². The minimum absolute atomic E-state index is 0.342. The van der Waals surface area contributed by atoms with E-state index in [2.05, 4.69) is 36.1 Å². The number of anilines is 1. The highest BCUT2D eigenvalue weighted by Crippen LogP contribution is 2.24. The SMILES string of the molecule is C=CCn1cc(CC)nc1N1CCC(N)C(CC)C1. The van der Waals surface area contributed by atoms with Crippen LogP contribution in [0.3, 0.4) is 0 Å². The first-order valence-electron chi connectivity index (χ1n) is 7.37. The van der Waals surface area contributed by atoms with Gasteiger partial charge in [-0.05, 0) is 18.8 Å². The third-order valence-corrected chi connectivity index (χ3v) is 4.09. The molecule has 0 saturated carbocycles. The number of nitrogens with two attached hydrogens (primary N) is 1. The zero-order chi connectivity index (χ0) is 13.8. The number of aromatic nitrogens is 2. The molecule has 2 atom stereocenters. The van der Waals surface area contributed by atoms with Crippen molar-refractivity contribution in [3.05, 3.63) is 24.5 Å². The van der Waals surface area contributed by atoms with Crippen LogP contribution in [-0.4, -0.2) is 28.7 Å². The van der Waals surface area contributed by atoms with Crippen LogP contribution < -0.4 is 10.6 Å². The van der Waals surface area contributed by atoms with E-state index in [9.17, 15) is 0 Å². The zero-order valence-electron chi connectivity index (χ0n) is 12.2. The van der Waals surface area contributed by atoms with Gasteiger partial charge in [-0.3, -0.25) is 0 Å². The fraction of sp³-hybridized carbons (Fsp3) is 0.667. The summed E-state index contributed by atoms with van der Waals surface area (Å²) in [5.41, 5.74) is 7.34. The lowest BCUT2D eigenvalue weighted by Gasteiger charge is -2.37. The maximum atomic E-state index is 6.19. The molecular weight excluding hydrogens is 236 g/mol. The van der Waals surface area contributed by atoms with E-state index in [1.54, 1.807) is 0 Å². The molecule has 2 rings (SSSR count). The van der Waals surface area contributed by atoms with Crippen molar-refractivity contribution in [3.63, 3.8) is 0 Å². The summed E-state index contributed by atoms with van der Waals surface area (Å²) in [6.07, 6.45) is 7.24. The molecular formula is C15H26N4. The van der Waals surface area contributed by atoms with E-state index in [-0.39, 0.29) is 0 Å². The average molecular weight is 262 g/mol. The van der Waals surface area contributed by atoms with Gasteiger partial charge in [0.15, 0.2) is 0 Å². The fourth-order valence-electron chi connectivity index (χ4n) is 2.82. The molecule has 106 valence electrons. The van der Waals surface area contributed by atoms with Gasteiger partial charge in [-0.15, -0.1) is 6.58 Å². The molecule has 4 nitrogen and oxygen atoms in total. The summed E-state index contributed by atoms with van der Waals surface area (Å²) >= 11 is 0. The van der Waals surface area contributed by atoms with Gasteiger partial charge >= 0.3 is 0 Å². The molecule has 0 aliphatic carbocycles. The van der Waals surface area contributed by atoms with Crippen molar-refractivity contribution in [2.24, 2.45) is 11.7 Å². The van der Waals surface area contributed by atoms with E-state index in [0.29, 0.717) is 12.0 Å². The summed E-state index contributed by atoms with van der Waals surface area (Å²) in [4.78, 5) is 7.15. The minimum atomic E-state index is 0.342. The number of nitrogens with zero attached hydrogens (tertiary/aromatic N) is 3. The first-order valence-corrected chi connectivity index (χ1v) is 7.37. The molecule has 2 N–H and O–H groups in total. The number of piperidine rings is 1. The molecule has 4 heteroatoms. The third-order valence-electron chi connectivity index (χ3n) is 4.09. The normalized spacial score (nSPS) is 23.6. The van der Waals surface area contributed by atoms with Crippen molar-refractivity contribution in [2.75, 3.05) is 18.0 Å². The van der Waals surface area contributed by atoms with Crippen LogP contribution in [-0.2, 0) is 13.0 Å². The monoisotopic (exact) mass is 262 g/mol. The van der Waals surface area contributed by atoms with Crippen molar-refractivity contribution in [2.45, 2.75) is 45.7 Å². The van der Waals surface area contributed by atoms with E-state index in [4.69, 9.17) is 10.7 Å². The number of hydrogen-bond acceptors (Lipinski definition) is 3. The second-order valence-corrected chi connectivity index (χ2v) is 5.39. The lowest BCUT2D eigenvalue weighted by atomic mass is 9.91. The Bertz CT molecular complexity index is 424. The predicted octanol–water partition coefficient (Wildman–Crippen LogP) is 2.20. The summed E-state index contributed by atoms with van der Waals surface area (Å²) in [6, 6.07) is 0.342. The maximum Gasteiger partial charge on any atom is 0.206 e. The molecule has 0 aromatic carbocycles. The van der Waals surface area contributed by atoms with Crippen LogP contribution in [0.2, 0.25) is 0 Å². The number of rotatable bonds is 5. The lowest BCUT2D eigenvalue weighted by Crippen LogP contribution is -2.47. The largest absolute Gasteiger partial charge is 0.342 e. The van der Waals surface area contributed by atoms with Crippen molar-refractivity contribution in [1.82, 2.24) is 9.55 Å². The Kier molecular flexibility index (Phi) is 4.64. The van der Waals surface area contributed by atoms with Crippen LogP contribution in [0.1, 0.15) is 32.4 Å².